The fourth-order valence-electron chi connectivity index (χ4n) is 2.43. The third-order valence-corrected chi connectivity index (χ3v) is 3.64. The van der Waals surface area contributed by atoms with Gasteiger partial charge in [0, 0.05) is 12.6 Å². The molecular formula is C19H16N2O2. The zero-order chi connectivity index (χ0) is 16.1. The number of anilines is 1. The summed E-state index contributed by atoms with van der Waals surface area (Å²) in [6.45, 7) is 0.542. The summed E-state index contributed by atoms with van der Waals surface area (Å²) < 4.78 is 0. The lowest BCUT2D eigenvalue weighted by molar-refractivity contribution is -0.384. The van der Waals surface area contributed by atoms with Crippen molar-refractivity contribution >= 4 is 11.4 Å². The first-order valence-corrected chi connectivity index (χ1v) is 7.36. The highest BCUT2D eigenvalue weighted by molar-refractivity contribution is 5.64. The molecule has 0 fully saturated rings. The minimum atomic E-state index is -0.374. The third kappa shape index (κ3) is 3.55. The van der Waals surface area contributed by atoms with E-state index in [2.05, 4.69) is 29.6 Å². The second kappa shape index (κ2) is 6.75. The molecule has 1 N–H and O–H groups in total. The first-order chi connectivity index (χ1) is 11.2. The second-order valence-electron chi connectivity index (χ2n) is 5.19. The Labute approximate surface area is 134 Å². The van der Waals surface area contributed by atoms with Gasteiger partial charge in [-0.3, -0.25) is 10.1 Å². The van der Waals surface area contributed by atoms with Crippen LogP contribution in [-0.4, -0.2) is 4.92 Å². The molecule has 4 nitrogen and oxygen atoms in total. The van der Waals surface area contributed by atoms with Crippen molar-refractivity contribution in [3.63, 3.8) is 0 Å². The molecule has 3 aromatic carbocycles. The summed E-state index contributed by atoms with van der Waals surface area (Å²) in [5.41, 5.74) is 4.02. The van der Waals surface area contributed by atoms with Crippen LogP contribution in [0.2, 0.25) is 0 Å². The quantitative estimate of drug-likeness (QED) is 0.540. The lowest BCUT2D eigenvalue weighted by Crippen LogP contribution is -2.02. The van der Waals surface area contributed by atoms with Crippen LogP contribution in [0.4, 0.5) is 11.4 Å². The van der Waals surface area contributed by atoms with Crippen molar-refractivity contribution in [2.45, 2.75) is 6.54 Å². The Balaban J connectivity index is 1.71. The van der Waals surface area contributed by atoms with E-state index in [-0.39, 0.29) is 10.6 Å². The van der Waals surface area contributed by atoms with Gasteiger partial charge in [-0.25, -0.2) is 0 Å². The van der Waals surface area contributed by atoms with Gasteiger partial charge < -0.3 is 5.32 Å². The average Bonchev–Trinajstić information content (AvgIpc) is 2.61. The molecule has 0 heterocycles. The van der Waals surface area contributed by atoms with Gasteiger partial charge in [-0.05, 0) is 22.8 Å². The van der Waals surface area contributed by atoms with E-state index in [0.717, 1.165) is 11.1 Å². The normalized spacial score (nSPS) is 10.3. The Bertz CT molecular complexity index is 799. The van der Waals surface area contributed by atoms with Crippen molar-refractivity contribution in [2.24, 2.45) is 0 Å². The number of rotatable bonds is 5. The summed E-state index contributed by atoms with van der Waals surface area (Å²) in [6.07, 6.45) is 0. The number of nitrogens with zero attached hydrogens (tertiary/aromatic N) is 1. The predicted octanol–water partition coefficient (Wildman–Crippen LogP) is 4.87. The molecule has 0 unspecified atom stereocenters. The molecule has 0 spiro atoms. The van der Waals surface area contributed by atoms with Crippen LogP contribution in [-0.2, 0) is 6.54 Å². The zero-order valence-corrected chi connectivity index (χ0v) is 12.5. The molecule has 0 saturated heterocycles. The van der Waals surface area contributed by atoms with E-state index in [9.17, 15) is 10.1 Å². The van der Waals surface area contributed by atoms with Crippen LogP contribution >= 0.6 is 0 Å². The summed E-state index contributed by atoms with van der Waals surface area (Å²) >= 11 is 0. The van der Waals surface area contributed by atoms with Gasteiger partial charge in [0.15, 0.2) is 0 Å². The maximum absolute atomic E-state index is 11.0. The van der Waals surface area contributed by atoms with Crippen molar-refractivity contribution < 1.29 is 4.92 Å². The minimum Gasteiger partial charge on any atom is -0.375 e. The molecule has 3 rings (SSSR count). The van der Waals surface area contributed by atoms with Crippen molar-refractivity contribution in [3.05, 3.63) is 94.5 Å². The van der Waals surface area contributed by atoms with Crippen molar-refractivity contribution in [1.29, 1.82) is 0 Å². The maximum atomic E-state index is 11.0. The smallest absolute Gasteiger partial charge is 0.292 e. The van der Waals surface area contributed by atoms with E-state index in [4.69, 9.17) is 0 Å². The lowest BCUT2D eigenvalue weighted by Gasteiger charge is -2.08. The Kier molecular flexibility index (Phi) is 4.34. The Morgan fingerprint density at radius 1 is 0.783 bits per heavy atom. The van der Waals surface area contributed by atoms with Crippen LogP contribution in [0, 0.1) is 10.1 Å². The van der Waals surface area contributed by atoms with Gasteiger partial charge in [-0.1, -0.05) is 66.7 Å². The molecule has 0 aromatic heterocycles. The SMILES string of the molecule is O=[N+]([O-])c1ccccc1NCc1ccc(-c2ccccc2)cc1. The van der Waals surface area contributed by atoms with Crippen molar-refractivity contribution in [2.75, 3.05) is 5.32 Å². The van der Waals surface area contributed by atoms with Crippen LogP contribution in [0.15, 0.2) is 78.9 Å². The molecule has 23 heavy (non-hydrogen) atoms. The monoisotopic (exact) mass is 304 g/mol. The molecule has 3 aromatic rings. The standard InChI is InChI=1S/C19H16N2O2/c22-21(23)19-9-5-4-8-18(19)20-14-15-10-12-17(13-11-15)16-6-2-1-3-7-16/h1-13,20H,14H2. The molecule has 0 radical (unpaired) electrons. The Morgan fingerprint density at radius 3 is 2.09 bits per heavy atom. The number of nitrogens with one attached hydrogen (secondary N) is 1. The first kappa shape index (κ1) is 14.8. The van der Waals surface area contributed by atoms with Crippen LogP contribution < -0.4 is 5.32 Å². The Hall–Kier alpha value is -3.14. The molecule has 4 heteroatoms. The topological polar surface area (TPSA) is 55.2 Å². The predicted molar refractivity (Wildman–Crippen MR) is 92.3 cm³/mol. The molecule has 0 atom stereocenters. The van der Waals surface area contributed by atoms with E-state index >= 15 is 0 Å². The van der Waals surface area contributed by atoms with Gasteiger partial charge in [0.1, 0.15) is 5.69 Å². The highest BCUT2D eigenvalue weighted by Crippen LogP contribution is 2.24. The van der Waals surface area contributed by atoms with Gasteiger partial charge in [0.2, 0.25) is 0 Å². The number of benzene rings is 3. The van der Waals surface area contributed by atoms with Crippen LogP contribution in [0.5, 0.6) is 0 Å². The second-order valence-corrected chi connectivity index (χ2v) is 5.19. The summed E-state index contributed by atoms with van der Waals surface area (Å²) in [7, 11) is 0. The Morgan fingerprint density at radius 2 is 1.39 bits per heavy atom. The van der Waals surface area contributed by atoms with Crippen LogP contribution in [0.3, 0.4) is 0 Å². The highest BCUT2D eigenvalue weighted by atomic mass is 16.6. The fraction of sp³-hybridized carbons (Fsp3) is 0.0526. The molecule has 0 aliphatic heterocycles. The number of hydrogen-bond donors (Lipinski definition) is 1. The first-order valence-electron chi connectivity index (χ1n) is 7.36. The maximum Gasteiger partial charge on any atom is 0.292 e. The van der Waals surface area contributed by atoms with E-state index in [1.165, 1.54) is 11.6 Å². The van der Waals surface area contributed by atoms with Crippen LogP contribution in [0.1, 0.15) is 5.56 Å². The van der Waals surface area contributed by atoms with Gasteiger partial charge in [0.25, 0.3) is 5.69 Å². The average molecular weight is 304 g/mol. The lowest BCUT2D eigenvalue weighted by atomic mass is 10.0. The molecule has 0 aliphatic carbocycles. The molecule has 114 valence electrons. The highest BCUT2D eigenvalue weighted by Gasteiger charge is 2.11. The van der Waals surface area contributed by atoms with Crippen molar-refractivity contribution in [1.82, 2.24) is 0 Å². The van der Waals surface area contributed by atoms with Gasteiger partial charge in [-0.15, -0.1) is 0 Å². The van der Waals surface area contributed by atoms with Gasteiger partial charge >= 0.3 is 0 Å². The number of nitro benzene ring substituents is 1. The number of hydrogen-bond acceptors (Lipinski definition) is 3. The third-order valence-electron chi connectivity index (χ3n) is 3.64. The molecule has 0 amide bonds. The van der Waals surface area contributed by atoms with E-state index < -0.39 is 0 Å². The largest absolute Gasteiger partial charge is 0.375 e. The van der Waals surface area contributed by atoms with Gasteiger partial charge in [0.05, 0.1) is 4.92 Å². The summed E-state index contributed by atoms with van der Waals surface area (Å²) in [4.78, 5) is 10.6. The summed E-state index contributed by atoms with van der Waals surface area (Å²) in [5.74, 6) is 0. The van der Waals surface area contributed by atoms with Crippen LogP contribution in [0.25, 0.3) is 11.1 Å². The minimum absolute atomic E-state index is 0.0911. The molecule has 0 bridgehead atoms. The zero-order valence-electron chi connectivity index (χ0n) is 12.5. The molecule has 0 saturated carbocycles. The van der Waals surface area contributed by atoms with Gasteiger partial charge in [-0.2, -0.15) is 0 Å². The number of para-hydroxylation sites is 2. The summed E-state index contributed by atoms with van der Waals surface area (Å²) in [5, 5.41) is 14.1. The molecular weight excluding hydrogens is 288 g/mol. The number of nitro groups is 1. The van der Waals surface area contributed by atoms with E-state index in [1.54, 1.807) is 18.2 Å². The van der Waals surface area contributed by atoms with E-state index in [0.29, 0.717) is 12.2 Å². The van der Waals surface area contributed by atoms with Crippen molar-refractivity contribution in [3.8, 4) is 11.1 Å². The fourth-order valence-corrected chi connectivity index (χ4v) is 2.43. The summed E-state index contributed by atoms with van der Waals surface area (Å²) in [6, 6.07) is 25.0. The van der Waals surface area contributed by atoms with E-state index in [1.807, 2.05) is 30.3 Å². The molecule has 0 aliphatic rings.